The number of thiophene rings is 1. The van der Waals surface area contributed by atoms with Gasteiger partial charge in [-0.15, -0.1) is 11.3 Å². The molecular weight excluding hydrogens is 218 g/mol. The van der Waals surface area contributed by atoms with E-state index in [1.165, 1.54) is 22.7 Å². The van der Waals surface area contributed by atoms with E-state index in [-0.39, 0.29) is 0 Å². The first-order valence-electron chi connectivity index (χ1n) is 3.88. The summed E-state index contributed by atoms with van der Waals surface area (Å²) in [5, 5.41) is 3.46. The first kappa shape index (κ1) is 9.36. The molecule has 0 saturated carbocycles. The second-order valence-electron chi connectivity index (χ2n) is 2.50. The zero-order valence-corrected chi connectivity index (χ0v) is 9.02. The highest BCUT2D eigenvalue weighted by Gasteiger charge is 2.10. The number of carbonyl (C=O) groups is 1. The van der Waals surface area contributed by atoms with E-state index in [1.807, 2.05) is 11.4 Å². The van der Waals surface area contributed by atoms with Crippen molar-refractivity contribution in [2.45, 2.75) is 0 Å². The summed E-state index contributed by atoms with van der Waals surface area (Å²) < 4.78 is 5.04. The lowest BCUT2D eigenvalue weighted by atomic mass is 10.3. The zero-order chi connectivity index (χ0) is 9.97. The standard InChI is InChI=1S/C9H7NO2S2/c1-12-8-4-10-9(14-8)6-2-3-13-7(6)5-11/h2-5H,1H3. The molecule has 0 fully saturated rings. The van der Waals surface area contributed by atoms with Crippen LogP contribution in [0.3, 0.4) is 0 Å². The highest BCUT2D eigenvalue weighted by atomic mass is 32.1. The van der Waals surface area contributed by atoms with Gasteiger partial charge in [0.05, 0.1) is 18.2 Å². The molecule has 0 N–H and O–H groups in total. The Morgan fingerprint density at radius 3 is 3.07 bits per heavy atom. The number of ether oxygens (including phenoxy) is 1. The molecular formula is C9H7NO2S2. The van der Waals surface area contributed by atoms with Crippen molar-refractivity contribution in [1.29, 1.82) is 0 Å². The average molecular weight is 225 g/mol. The van der Waals surface area contributed by atoms with Crippen LogP contribution in [0.4, 0.5) is 0 Å². The molecule has 14 heavy (non-hydrogen) atoms. The molecule has 0 radical (unpaired) electrons. The van der Waals surface area contributed by atoms with Gasteiger partial charge in [-0.25, -0.2) is 4.98 Å². The lowest BCUT2D eigenvalue weighted by Gasteiger charge is -1.91. The minimum atomic E-state index is 0.710. The fraction of sp³-hybridized carbons (Fsp3) is 0.111. The average Bonchev–Trinajstić information content (AvgIpc) is 2.85. The van der Waals surface area contributed by atoms with Crippen LogP contribution in [-0.2, 0) is 0 Å². The monoisotopic (exact) mass is 225 g/mol. The highest BCUT2D eigenvalue weighted by molar-refractivity contribution is 7.17. The summed E-state index contributed by atoms with van der Waals surface area (Å²) in [7, 11) is 1.60. The predicted octanol–water partition coefficient (Wildman–Crippen LogP) is 2.69. The molecule has 0 aliphatic heterocycles. The van der Waals surface area contributed by atoms with Crippen molar-refractivity contribution in [3.8, 4) is 15.6 Å². The number of nitrogens with zero attached hydrogens (tertiary/aromatic N) is 1. The Bertz CT molecular complexity index is 447. The third kappa shape index (κ3) is 1.56. The SMILES string of the molecule is COc1cnc(-c2ccsc2C=O)s1. The van der Waals surface area contributed by atoms with Gasteiger partial charge in [0, 0.05) is 5.56 Å². The van der Waals surface area contributed by atoms with Gasteiger partial charge in [0.1, 0.15) is 5.01 Å². The van der Waals surface area contributed by atoms with Crippen LogP contribution in [0.25, 0.3) is 10.6 Å². The molecule has 2 aromatic heterocycles. The maximum atomic E-state index is 10.7. The Morgan fingerprint density at radius 1 is 1.57 bits per heavy atom. The number of aldehydes is 1. The van der Waals surface area contributed by atoms with Crippen LogP contribution in [-0.4, -0.2) is 18.4 Å². The first-order valence-corrected chi connectivity index (χ1v) is 5.57. The highest BCUT2D eigenvalue weighted by Crippen LogP contribution is 2.33. The van der Waals surface area contributed by atoms with E-state index in [4.69, 9.17) is 4.74 Å². The minimum absolute atomic E-state index is 0.710. The van der Waals surface area contributed by atoms with Crippen LogP contribution in [0.2, 0.25) is 0 Å². The molecule has 2 aromatic rings. The molecule has 0 aliphatic rings. The molecule has 3 nitrogen and oxygen atoms in total. The number of hydrogen-bond acceptors (Lipinski definition) is 5. The van der Waals surface area contributed by atoms with Crippen LogP contribution in [0.5, 0.6) is 5.06 Å². The maximum absolute atomic E-state index is 10.7. The lowest BCUT2D eigenvalue weighted by molar-refractivity contribution is 0.112. The number of carbonyl (C=O) groups excluding carboxylic acids is 1. The van der Waals surface area contributed by atoms with Gasteiger partial charge in [-0.3, -0.25) is 4.79 Å². The van der Waals surface area contributed by atoms with Crippen molar-refractivity contribution < 1.29 is 9.53 Å². The summed E-state index contributed by atoms with van der Waals surface area (Å²) in [5.74, 6) is 0. The Labute approximate surface area is 89.0 Å². The van der Waals surface area contributed by atoms with Crippen LogP contribution >= 0.6 is 22.7 Å². The van der Waals surface area contributed by atoms with Gasteiger partial charge in [0.2, 0.25) is 0 Å². The molecule has 0 atom stereocenters. The summed E-state index contributed by atoms with van der Waals surface area (Å²) in [5.41, 5.74) is 0.887. The molecule has 0 unspecified atom stereocenters. The van der Waals surface area contributed by atoms with Gasteiger partial charge >= 0.3 is 0 Å². The molecule has 0 bridgehead atoms. The number of methoxy groups -OCH3 is 1. The smallest absolute Gasteiger partial charge is 0.194 e. The molecule has 72 valence electrons. The Morgan fingerprint density at radius 2 is 2.43 bits per heavy atom. The molecule has 5 heteroatoms. The van der Waals surface area contributed by atoms with E-state index in [9.17, 15) is 4.79 Å². The zero-order valence-electron chi connectivity index (χ0n) is 7.39. The molecule has 0 aliphatic carbocycles. The summed E-state index contributed by atoms with van der Waals surface area (Å²) >= 11 is 2.85. The van der Waals surface area contributed by atoms with Gasteiger partial charge in [-0.1, -0.05) is 11.3 Å². The maximum Gasteiger partial charge on any atom is 0.194 e. The Balaban J connectivity index is 2.43. The van der Waals surface area contributed by atoms with Gasteiger partial charge < -0.3 is 4.74 Å². The second kappa shape index (κ2) is 3.89. The normalized spacial score (nSPS) is 10.1. The van der Waals surface area contributed by atoms with Crippen molar-refractivity contribution in [2.75, 3.05) is 7.11 Å². The Hall–Kier alpha value is -1.20. The number of rotatable bonds is 3. The third-order valence-corrected chi connectivity index (χ3v) is 3.55. The van der Waals surface area contributed by atoms with Crippen LogP contribution < -0.4 is 4.74 Å². The van der Waals surface area contributed by atoms with E-state index in [0.717, 1.165) is 21.9 Å². The molecule has 0 spiro atoms. The number of hydrogen-bond donors (Lipinski definition) is 0. The van der Waals surface area contributed by atoms with E-state index >= 15 is 0 Å². The first-order chi connectivity index (χ1) is 6.85. The van der Waals surface area contributed by atoms with Gasteiger partial charge in [0.15, 0.2) is 11.3 Å². The fourth-order valence-electron chi connectivity index (χ4n) is 1.07. The molecule has 0 aromatic carbocycles. The number of aromatic nitrogens is 1. The topological polar surface area (TPSA) is 39.2 Å². The van der Waals surface area contributed by atoms with Crippen molar-refractivity contribution in [1.82, 2.24) is 4.98 Å². The van der Waals surface area contributed by atoms with Gasteiger partial charge in [0.25, 0.3) is 0 Å². The van der Waals surface area contributed by atoms with Crippen molar-refractivity contribution in [3.63, 3.8) is 0 Å². The summed E-state index contributed by atoms with van der Waals surface area (Å²) in [6, 6.07) is 1.90. The number of thiazole rings is 1. The molecule has 2 rings (SSSR count). The molecule has 2 heterocycles. The van der Waals surface area contributed by atoms with Crippen molar-refractivity contribution in [2.24, 2.45) is 0 Å². The van der Waals surface area contributed by atoms with Gasteiger partial charge in [-0.05, 0) is 11.4 Å². The lowest BCUT2D eigenvalue weighted by Crippen LogP contribution is -1.77. The van der Waals surface area contributed by atoms with E-state index in [0.29, 0.717) is 4.88 Å². The van der Waals surface area contributed by atoms with Crippen LogP contribution in [0.15, 0.2) is 17.6 Å². The van der Waals surface area contributed by atoms with Crippen molar-refractivity contribution in [3.05, 3.63) is 22.5 Å². The fourth-order valence-corrected chi connectivity index (χ4v) is 2.60. The predicted molar refractivity (Wildman–Crippen MR) is 57.4 cm³/mol. The van der Waals surface area contributed by atoms with E-state index < -0.39 is 0 Å². The van der Waals surface area contributed by atoms with E-state index in [1.54, 1.807) is 13.3 Å². The minimum Gasteiger partial charge on any atom is -0.486 e. The third-order valence-electron chi connectivity index (χ3n) is 1.72. The second-order valence-corrected chi connectivity index (χ2v) is 4.45. The summed E-state index contributed by atoms with van der Waals surface area (Å²) in [6.45, 7) is 0. The van der Waals surface area contributed by atoms with Crippen molar-refractivity contribution >= 4 is 29.0 Å². The quantitative estimate of drug-likeness (QED) is 0.754. The van der Waals surface area contributed by atoms with E-state index in [2.05, 4.69) is 4.98 Å². The molecule has 0 saturated heterocycles. The Kier molecular flexibility index (Phi) is 2.60. The van der Waals surface area contributed by atoms with Crippen LogP contribution in [0.1, 0.15) is 9.67 Å². The van der Waals surface area contributed by atoms with Gasteiger partial charge in [-0.2, -0.15) is 0 Å². The van der Waals surface area contributed by atoms with Crippen LogP contribution in [0, 0.1) is 0 Å². The molecule has 0 amide bonds. The summed E-state index contributed by atoms with van der Waals surface area (Å²) in [4.78, 5) is 15.6. The summed E-state index contributed by atoms with van der Waals surface area (Å²) in [6.07, 6.45) is 2.51. The largest absolute Gasteiger partial charge is 0.486 e.